The maximum absolute atomic E-state index is 11.4. The lowest BCUT2D eigenvalue weighted by Gasteiger charge is -2.01. The fraction of sp³-hybridized carbons (Fsp3) is 0.111. The highest BCUT2D eigenvalue weighted by molar-refractivity contribution is 5.90. The molecule has 0 radical (unpaired) electrons. The average Bonchev–Trinajstić information content (AvgIpc) is 2.74. The maximum Gasteiger partial charge on any atom is 0.341 e. The Hall–Kier alpha value is -2.44. The average molecular weight is 219 g/mol. The summed E-state index contributed by atoms with van der Waals surface area (Å²) in [5.41, 5.74) is 0.361. The summed E-state index contributed by atoms with van der Waals surface area (Å²) in [4.78, 5) is 28.3. The molecule has 3 N–H and O–H groups in total. The van der Waals surface area contributed by atoms with Crippen molar-refractivity contribution in [1.82, 2.24) is 25.5 Å². The number of aromatic amines is 2. The van der Waals surface area contributed by atoms with E-state index < -0.39 is 11.6 Å². The molecule has 7 nitrogen and oxygen atoms in total. The second kappa shape index (κ2) is 4.39. The van der Waals surface area contributed by atoms with Gasteiger partial charge in [0.2, 0.25) is 5.82 Å². The van der Waals surface area contributed by atoms with E-state index in [0.717, 1.165) is 5.56 Å². The van der Waals surface area contributed by atoms with Crippen LogP contribution >= 0.6 is 0 Å². The fourth-order valence-corrected chi connectivity index (χ4v) is 1.15. The molecule has 0 fully saturated rings. The molecule has 0 aliphatic rings. The molecule has 82 valence electrons. The van der Waals surface area contributed by atoms with Crippen molar-refractivity contribution in [3.05, 3.63) is 46.4 Å². The van der Waals surface area contributed by atoms with E-state index >= 15 is 0 Å². The van der Waals surface area contributed by atoms with Gasteiger partial charge in [-0.05, 0) is 11.6 Å². The zero-order chi connectivity index (χ0) is 11.4. The number of amides is 1. The first kappa shape index (κ1) is 10.1. The number of pyridine rings is 1. The molecule has 0 spiro atoms. The Morgan fingerprint density at radius 3 is 3.00 bits per heavy atom. The smallest absolute Gasteiger partial charge is 0.341 e. The van der Waals surface area contributed by atoms with Crippen molar-refractivity contribution in [1.29, 1.82) is 0 Å². The van der Waals surface area contributed by atoms with Crippen LogP contribution in [0.1, 0.15) is 16.2 Å². The molecule has 0 bridgehead atoms. The van der Waals surface area contributed by atoms with E-state index in [1.54, 1.807) is 18.5 Å². The van der Waals surface area contributed by atoms with Crippen LogP contribution < -0.4 is 11.0 Å². The van der Waals surface area contributed by atoms with E-state index in [9.17, 15) is 9.59 Å². The van der Waals surface area contributed by atoms with E-state index in [1.807, 2.05) is 6.07 Å². The number of hydrogen-bond donors (Lipinski definition) is 3. The van der Waals surface area contributed by atoms with Gasteiger partial charge in [-0.2, -0.15) is 0 Å². The highest BCUT2D eigenvalue weighted by Gasteiger charge is 2.08. The Morgan fingerprint density at radius 2 is 2.38 bits per heavy atom. The quantitative estimate of drug-likeness (QED) is 0.642. The van der Waals surface area contributed by atoms with Gasteiger partial charge in [0.25, 0.3) is 5.91 Å². The largest absolute Gasteiger partial charge is 0.345 e. The van der Waals surface area contributed by atoms with Crippen molar-refractivity contribution >= 4 is 5.91 Å². The lowest BCUT2D eigenvalue weighted by molar-refractivity contribution is 0.0941. The van der Waals surface area contributed by atoms with Gasteiger partial charge in [-0.25, -0.2) is 9.89 Å². The molecule has 16 heavy (non-hydrogen) atoms. The molecule has 2 aromatic rings. The Morgan fingerprint density at radius 1 is 1.50 bits per heavy atom. The molecule has 1 amide bonds. The van der Waals surface area contributed by atoms with Crippen molar-refractivity contribution in [2.45, 2.75) is 6.54 Å². The van der Waals surface area contributed by atoms with Crippen LogP contribution in [0.4, 0.5) is 0 Å². The molecule has 2 rings (SSSR count). The van der Waals surface area contributed by atoms with Gasteiger partial charge >= 0.3 is 5.69 Å². The highest BCUT2D eigenvalue weighted by Crippen LogP contribution is 1.94. The minimum Gasteiger partial charge on any atom is -0.345 e. The predicted molar refractivity (Wildman–Crippen MR) is 54.6 cm³/mol. The third-order valence-corrected chi connectivity index (χ3v) is 1.89. The third kappa shape index (κ3) is 2.32. The molecule has 0 saturated heterocycles. The summed E-state index contributed by atoms with van der Waals surface area (Å²) in [6.07, 6.45) is 3.30. The molecule has 2 heterocycles. The first-order valence-electron chi connectivity index (χ1n) is 4.57. The van der Waals surface area contributed by atoms with Gasteiger partial charge in [-0.15, -0.1) is 5.10 Å². The third-order valence-electron chi connectivity index (χ3n) is 1.89. The summed E-state index contributed by atoms with van der Waals surface area (Å²) in [5, 5.41) is 8.22. The lowest BCUT2D eigenvalue weighted by Crippen LogP contribution is -2.24. The van der Waals surface area contributed by atoms with Crippen molar-refractivity contribution in [2.75, 3.05) is 0 Å². The van der Waals surface area contributed by atoms with Crippen LogP contribution in [-0.2, 0) is 6.54 Å². The van der Waals surface area contributed by atoms with Crippen LogP contribution in [-0.4, -0.2) is 26.1 Å². The van der Waals surface area contributed by atoms with Gasteiger partial charge < -0.3 is 5.32 Å². The molecule has 0 unspecified atom stereocenters. The number of H-pyrrole nitrogens is 2. The van der Waals surface area contributed by atoms with E-state index in [2.05, 4.69) is 25.5 Å². The molecular formula is C9H9N5O2. The molecule has 7 heteroatoms. The van der Waals surface area contributed by atoms with E-state index in [1.165, 1.54) is 0 Å². The second-order valence-electron chi connectivity index (χ2n) is 3.07. The monoisotopic (exact) mass is 219 g/mol. The van der Waals surface area contributed by atoms with Gasteiger partial charge in [-0.3, -0.25) is 14.8 Å². The summed E-state index contributed by atoms with van der Waals surface area (Å²) in [7, 11) is 0. The van der Waals surface area contributed by atoms with Gasteiger partial charge in [0, 0.05) is 18.9 Å². The van der Waals surface area contributed by atoms with Crippen LogP contribution in [0, 0.1) is 0 Å². The highest BCUT2D eigenvalue weighted by atomic mass is 16.2. The molecule has 0 atom stereocenters. The Bertz CT molecular complexity index is 530. The fourth-order valence-electron chi connectivity index (χ4n) is 1.15. The van der Waals surface area contributed by atoms with Crippen LogP contribution in [0.3, 0.4) is 0 Å². The van der Waals surface area contributed by atoms with E-state index in [-0.39, 0.29) is 5.82 Å². The number of nitrogens with zero attached hydrogens (tertiary/aromatic N) is 2. The van der Waals surface area contributed by atoms with Crippen LogP contribution in [0.2, 0.25) is 0 Å². The molecular weight excluding hydrogens is 210 g/mol. The van der Waals surface area contributed by atoms with Crippen molar-refractivity contribution in [3.63, 3.8) is 0 Å². The number of hydrogen-bond acceptors (Lipinski definition) is 4. The number of aromatic nitrogens is 4. The van der Waals surface area contributed by atoms with Crippen molar-refractivity contribution < 1.29 is 4.79 Å². The molecule has 0 aliphatic carbocycles. The van der Waals surface area contributed by atoms with E-state index in [4.69, 9.17) is 0 Å². The number of rotatable bonds is 3. The van der Waals surface area contributed by atoms with Crippen LogP contribution in [0.5, 0.6) is 0 Å². The Labute approximate surface area is 89.9 Å². The number of carbonyl (C=O) groups excluding carboxylic acids is 1. The maximum atomic E-state index is 11.4. The molecule has 0 aliphatic heterocycles. The van der Waals surface area contributed by atoms with Gasteiger partial charge in [-0.1, -0.05) is 6.07 Å². The summed E-state index contributed by atoms with van der Waals surface area (Å²) in [6, 6.07) is 3.61. The summed E-state index contributed by atoms with van der Waals surface area (Å²) in [5.74, 6) is -0.476. The summed E-state index contributed by atoms with van der Waals surface area (Å²) < 4.78 is 0. The van der Waals surface area contributed by atoms with Gasteiger partial charge in [0.15, 0.2) is 0 Å². The van der Waals surface area contributed by atoms with Gasteiger partial charge in [0.1, 0.15) is 0 Å². The first-order chi connectivity index (χ1) is 7.75. The normalized spacial score (nSPS) is 10.0. The minimum absolute atomic E-state index is 0.0334. The predicted octanol–water partition coefficient (Wildman–Crippen LogP) is -0.577. The van der Waals surface area contributed by atoms with Crippen LogP contribution in [0.15, 0.2) is 29.3 Å². The molecule has 2 aromatic heterocycles. The second-order valence-corrected chi connectivity index (χ2v) is 3.07. The zero-order valence-electron chi connectivity index (χ0n) is 8.23. The molecule has 0 saturated carbocycles. The number of nitrogens with one attached hydrogen (secondary N) is 3. The Kier molecular flexibility index (Phi) is 2.77. The zero-order valence-corrected chi connectivity index (χ0v) is 8.23. The van der Waals surface area contributed by atoms with Crippen LogP contribution in [0.25, 0.3) is 0 Å². The lowest BCUT2D eigenvalue weighted by atomic mass is 10.3. The SMILES string of the molecule is O=C(NCc1cccnc1)c1n[nH]c(=O)[nH]1. The minimum atomic E-state index is -0.508. The Balaban J connectivity index is 1.97. The first-order valence-corrected chi connectivity index (χ1v) is 4.57. The topological polar surface area (TPSA) is 104 Å². The summed E-state index contributed by atoms with van der Waals surface area (Å²) in [6.45, 7) is 0.335. The van der Waals surface area contributed by atoms with E-state index in [0.29, 0.717) is 6.54 Å². The number of carbonyl (C=O) groups is 1. The summed E-state index contributed by atoms with van der Waals surface area (Å²) >= 11 is 0. The van der Waals surface area contributed by atoms with Crippen molar-refractivity contribution in [2.24, 2.45) is 0 Å². The molecule has 0 aromatic carbocycles. The van der Waals surface area contributed by atoms with Gasteiger partial charge in [0.05, 0.1) is 0 Å². The van der Waals surface area contributed by atoms with Crippen molar-refractivity contribution in [3.8, 4) is 0 Å². The standard InChI is InChI=1S/C9H9N5O2/c15-8(7-12-9(16)14-13-7)11-5-6-2-1-3-10-4-6/h1-4H,5H2,(H,11,15)(H2,12,13,14,16).